The van der Waals surface area contributed by atoms with Crippen LogP contribution >= 0.6 is 0 Å². The Balaban J connectivity index is 2.43. The maximum Gasteiger partial charge on any atom is -0.00239 e. The minimum atomic E-state index is 1.33. The molecule has 0 aromatic heterocycles. The van der Waals surface area contributed by atoms with Crippen LogP contribution in [0.15, 0.2) is 42.5 Å². The number of benzene rings is 4. The van der Waals surface area contributed by atoms with E-state index in [0.717, 1.165) is 0 Å². The summed E-state index contributed by atoms with van der Waals surface area (Å²) in [7, 11) is 0. The van der Waals surface area contributed by atoms with Crippen LogP contribution in [0.5, 0.6) is 0 Å². The predicted molar refractivity (Wildman–Crippen MR) is 84.4 cm³/mol. The first-order chi connectivity index (χ1) is 9.13. The Morgan fingerprint density at radius 3 is 1.89 bits per heavy atom. The molecule has 0 saturated heterocycles. The molecule has 4 rings (SSSR count). The zero-order chi connectivity index (χ0) is 13.1. The van der Waals surface area contributed by atoms with Gasteiger partial charge in [0.25, 0.3) is 0 Å². The number of hydrogen-bond donors (Lipinski definition) is 0. The molecule has 0 saturated carbocycles. The molecular formula is C19H16. The summed E-state index contributed by atoms with van der Waals surface area (Å²) in [5.74, 6) is 0. The summed E-state index contributed by atoms with van der Waals surface area (Å²) in [5, 5.41) is 8.34. The van der Waals surface area contributed by atoms with Crippen molar-refractivity contribution in [1.82, 2.24) is 0 Å². The van der Waals surface area contributed by atoms with Crippen LogP contribution in [0.2, 0.25) is 0 Å². The highest BCUT2D eigenvalue weighted by Crippen LogP contribution is 2.37. The van der Waals surface area contributed by atoms with E-state index in [4.69, 9.17) is 0 Å². The van der Waals surface area contributed by atoms with Crippen LogP contribution in [0.25, 0.3) is 32.3 Å². The van der Waals surface area contributed by atoms with Gasteiger partial charge in [0.05, 0.1) is 0 Å². The number of aryl methyl sites for hydroxylation is 3. The molecule has 0 fully saturated rings. The molecule has 0 radical (unpaired) electrons. The zero-order valence-corrected chi connectivity index (χ0v) is 11.5. The second-order valence-electron chi connectivity index (χ2n) is 5.76. The maximum atomic E-state index is 2.33. The third-order valence-electron chi connectivity index (χ3n) is 4.15. The van der Waals surface area contributed by atoms with Gasteiger partial charge < -0.3 is 0 Å². The first-order valence-corrected chi connectivity index (χ1v) is 6.80. The van der Waals surface area contributed by atoms with Gasteiger partial charge in [-0.3, -0.25) is 0 Å². The molecule has 0 heteroatoms. The minimum absolute atomic E-state index is 1.33. The third kappa shape index (κ3) is 1.40. The number of hydrogen-bond acceptors (Lipinski definition) is 0. The first-order valence-electron chi connectivity index (χ1n) is 6.80. The van der Waals surface area contributed by atoms with Crippen LogP contribution in [-0.2, 0) is 0 Å². The van der Waals surface area contributed by atoms with Gasteiger partial charge in [-0.1, -0.05) is 42.5 Å². The van der Waals surface area contributed by atoms with Crippen LogP contribution in [0.3, 0.4) is 0 Å². The Morgan fingerprint density at radius 1 is 0.579 bits per heavy atom. The molecular weight excluding hydrogens is 228 g/mol. The molecule has 92 valence electrons. The summed E-state index contributed by atoms with van der Waals surface area (Å²) in [5.41, 5.74) is 4.05. The molecule has 0 spiro atoms. The second kappa shape index (κ2) is 3.48. The fourth-order valence-electron chi connectivity index (χ4n) is 3.40. The van der Waals surface area contributed by atoms with Crippen molar-refractivity contribution in [3.05, 3.63) is 59.2 Å². The lowest BCUT2D eigenvalue weighted by Crippen LogP contribution is -1.89. The monoisotopic (exact) mass is 244 g/mol. The van der Waals surface area contributed by atoms with Gasteiger partial charge in [0.2, 0.25) is 0 Å². The Hall–Kier alpha value is -2.08. The van der Waals surface area contributed by atoms with E-state index in [-0.39, 0.29) is 0 Å². The van der Waals surface area contributed by atoms with E-state index in [9.17, 15) is 0 Å². The molecule has 4 aromatic carbocycles. The fourth-order valence-corrected chi connectivity index (χ4v) is 3.40. The van der Waals surface area contributed by atoms with E-state index in [0.29, 0.717) is 0 Å². The van der Waals surface area contributed by atoms with Crippen LogP contribution in [0.1, 0.15) is 16.7 Å². The molecule has 0 aliphatic heterocycles. The Bertz CT molecular complexity index is 929. The summed E-state index contributed by atoms with van der Waals surface area (Å²) in [6.07, 6.45) is 0. The minimum Gasteiger partial charge on any atom is -0.0537 e. The largest absolute Gasteiger partial charge is 0.0537 e. The summed E-state index contributed by atoms with van der Waals surface area (Å²) in [6.45, 7) is 6.57. The third-order valence-corrected chi connectivity index (χ3v) is 4.15. The van der Waals surface area contributed by atoms with E-state index in [2.05, 4.69) is 63.2 Å². The molecule has 0 atom stereocenters. The topological polar surface area (TPSA) is 0 Å². The summed E-state index contributed by atoms with van der Waals surface area (Å²) >= 11 is 0. The highest BCUT2D eigenvalue weighted by molar-refractivity contribution is 6.24. The predicted octanol–water partition coefficient (Wildman–Crippen LogP) is 5.51. The van der Waals surface area contributed by atoms with Crippen molar-refractivity contribution in [1.29, 1.82) is 0 Å². The Labute approximate surface area is 113 Å². The molecule has 0 bridgehead atoms. The molecule has 19 heavy (non-hydrogen) atoms. The van der Waals surface area contributed by atoms with Crippen molar-refractivity contribution in [2.75, 3.05) is 0 Å². The van der Waals surface area contributed by atoms with Crippen molar-refractivity contribution in [2.24, 2.45) is 0 Å². The van der Waals surface area contributed by atoms with Gasteiger partial charge in [-0.15, -0.1) is 0 Å². The van der Waals surface area contributed by atoms with Gasteiger partial charge in [-0.2, -0.15) is 0 Å². The van der Waals surface area contributed by atoms with Crippen LogP contribution < -0.4 is 0 Å². The van der Waals surface area contributed by atoms with Crippen LogP contribution in [-0.4, -0.2) is 0 Å². The normalized spacial score (nSPS) is 11.9. The van der Waals surface area contributed by atoms with E-state index in [1.165, 1.54) is 49.0 Å². The summed E-state index contributed by atoms with van der Waals surface area (Å²) in [6, 6.07) is 16.0. The fraction of sp³-hybridized carbons (Fsp3) is 0.158. The van der Waals surface area contributed by atoms with E-state index in [1.807, 2.05) is 0 Å². The molecule has 0 N–H and O–H groups in total. The first kappa shape index (κ1) is 10.8. The van der Waals surface area contributed by atoms with Crippen molar-refractivity contribution in [3.63, 3.8) is 0 Å². The highest BCUT2D eigenvalue weighted by atomic mass is 14.1. The van der Waals surface area contributed by atoms with Crippen LogP contribution in [0.4, 0.5) is 0 Å². The lowest BCUT2D eigenvalue weighted by atomic mass is 9.90. The lowest BCUT2D eigenvalue weighted by Gasteiger charge is -2.14. The van der Waals surface area contributed by atoms with Gasteiger partial charge in [-0.25, -0.2) is 0 Å². The van der Waals surface area contributed by atoms with Crippen LogP contribution in [0, 0.1) is 20.8 Å². The Kier molecular flexibility index (Phi) is 1.98. The summed E-state index contributed by atoms with van der Waals surface area (Å²) < 4.78 is 0. The van der Waals surface area contributed by atoms with Gasteiger partial charge in [0, 0.05) is 0 Å². The van der Waals surface area contributed by atoms with Crippen molar-refractivity contribution in [2.45, 2.75) is 20.8 Å². The van der Waals surface area contributed by atoms with Gasteiger partial charge in [0.1, 0.15) is 0 Å². The quantitative estimate of drug-likeness (QED) is 0.358. The standard InChI is InChI=1S/C19H16/c1-11-6-14-4-5-15-7-12(2)9-17-13(3)10-16(8-11)18(14)19(15)17/h4-10H,1-3H3. The van der Waals surface area contributed by atoms with E-state index in [1.54, 1.807) is 0 Å². The SMILES string of the molecule is Cc1cc2ccc3cc(C)cc4c(C)cc(c1)c2c34. The van der Waals surface area contributed by atoms with Crippen molar-refractivity contribution in [3.8, 4) is 0 Å². The molecule has 0 aliphatic carbocycles. The molecule has 4 aromatic rings. The smallest absolute Gasteiger partial charge is 0.00239 e. The van der Waals surface area contributed by atoms with Crippen molar-refractivity contribution >= 4 is 32.3 Å². The molecule has 0 unspecified atom stereocenters. The molecule has 0 nitrogen and oxygen atoms in total. The second-order valence-corrected chi connectivity index (χ2v) is 5.76. The van der Waals surface area contributed by atoms with Crippen molar-refractivity contribution < 1.29 is 0 Å². The highest BCUT2D eigenvalue weighted by Gasteiger charge is 2.10. The average molecular weight is 244 g/mol. The van der Waals surface area contributed by atoms with E-state index >= 15 is 0 Å². The average Bonchev–Trinajstić information content (AvgIpc) is 2.36. The number of rotatable bonds is 0. The molecule has 0 amide bonds. The maximum absolute atomic E-state index is 2.33. The van der Waals surface area contributed by atoms with Gasteiger partial charge in [-0.05, 0) is 69.8 Å². The van der Waals surface area contributed by atoms with E-state index < -0.39 is 0 Å². The van der Waals surface area contributed by atoms with Gasteiger partial charge >= 0.3 is 0 Å². The summed E-state index contributed by atoms with van der Waals surface area (Å²) in [4.78, 5) is 0. The molecule has 0 aliphatic rings. The lowest BCUT2D eigenvalue weighted by molar-refractivity contribution is 1.48. The van der Waals surface area contributed by atoms with Gasteiger partial charge in [0.15, 0.2) is 0 Å². The molecule has 0 heterocycles. The zero-order valence-electron chi connectivity index (χ0n) is 11.5. The Morgan fingerprint density at radius 2 is 1.16 bits per heavy atom.